The van der Waals surface area contributed by atoms with Crippen molar-refractivity contribution in [2.24, 2.45) is 0 Å². The van der Waals surface area contributed by atoms with E-state index in [1.165, 1.54) is 0 Å². The summed E-state index contributed by atoms with van der Waals surface area (Å²) < 4.78 is 2.07. The first-order valence-electron chi connectivity index (χ1n) is 5.10. The third kappa shape index (κ3) is 1.64. The molecule has 1 N–H and O–H groups in total. The highest BCUT2D eigenvalue weighted by molar-refractivity contribution is 6.35. The van der Waals surface area contributed by atoms with Crippen molar-refractivity contribution >= 4 is 22.5 Å². The number of hydrogen-bond acceptors (Lipinski definition) is 1. The molecule has 0 saturated heterocycles. The molecule has 1 aromatic carbocycles. The molecule has 0 aliphatic carbocycles. The van der Waals surface area contributed by atoms with Gasteiger partial charge in [0.25, 0.3) is 0 Å². The van der Waals surface area contributed by atoms with Crippen molar-refractivity contribution in [1.82, 2.24) is 4.57 Å². The zero-order valence-corrected chi connectivity index (χ0v) is 9.62. The quantitative estimate of drug-likeness (QED) is 0.830. The molecule has 80 valence electrons. The summed E-state index contributed by atoms with van der Waals surface area (Å²) in [6.07, 6.45) is 1.51. The molecule has 0 bridgehead atoms. The molecule has 1 unspecified atom stereocenters. The maximum absolute atomic E-state index is 9.67. The summed E-state index contributed by atoms with van der Waals surface area (Å²) in [5.74, 6) is 0. The summed E-state index contributed by atoms with van der Waals surface area (Å²) in [4.78, 5) is 0. The fraction of sp³-hybridized carbons (Fsp3) is 0.333. The number of hydrogen-bond donors (Lipinski definition) is 1. The fourth-order valence-electron chi connectivity index (χ4n) is 1.92. The number of para-hydroxylation sites is 1. The van der Waals surface area contributed by atoms with Crippen molar-refractivity contribution in [1.29, 1.82) is 0 Å². The van der Waals surface area contributed by atoms with E-state index in [2.05, 4.69) is 11.5 Å². The Kier molecular flexibility index (Phi) is 2.72. The van der Waals surface area contributed by atoms with Crippen LogP contribution in [-0.4, -0.2) is 9.67 Å². The Balaban J connectivity index is 2.81. The second kappa shape index (κ2) is 3.87. The van der Waals surface area contributed by atoms with Crippen LogP contribution >= 0.6 is 11.6 Å². The number of nitrogens with zero attached hydrogens (tertiary/aromatic N) is 1. The normalized spacial score (nSPS) is 13.3. The molecule has 0 aliphatic rings. The second-order valence-corrected chi connectivity index (χ2v) is 4.09. The Labute approximate surface area is 94.1 Å². The molecule has 2 aromatic rings. The molecule has 1 atom stereocenters. The summed E-state index contributed by atoms with van der Waals surface area (Å²) in [5.41, 5.74) is 1.95. The molecular formula is C12H14ClNO. The Morgan fingerprint density at radius 1 is 1.47 bits per heavy atom. The summed E-state index contributed by atoms with van der Waals surface area (Å²) in [6, 6.07) is 5.79. The molecule has 0 fully saturated rings. The van der Waals surface area contributed by atoms with E-state index in [4.69, 9.17) is 11.6 Å². The lowest BCUT2D eigenvalue weighted by atomic mass is 10.1. The fourth-order valence-corrected chi connectivity index (χ4v) is 2.21. The number of rotatable bonds is 2. The number of benzene rings is 1. The lowest BCUT2D eigenvalue weighted by Gasteiger charge is -2.02. The second-order valence-electron chi connectivity index (χ2n) is 3.68. The van der Waals surface area contributed by atoms with Crippen LogP contribution < -0.4 is 0 Å². The van der Waals surface area contributed by atoms with Crippen molar-refractivity contribution in [2.75, 3.05) is 0 Å². The zero-order valence-electron chi connectivity index (χ0n) is 8.87. The van der Waals surface area contributed by atoms with Gasteiger partial charge in [0, 0.05) is 23.7 Å². The molecule has 0 spiro atoms. The summed E-state index contributed by atoms with van der Waals surface area (Å²) in [7, 11) is 0. The molecular weight excluding hydrogens is 210 g/mol. The molecule has 0 saturated carbocycles. The van der Waals surface area contributed by atoms with Gasteiger partial charge in [0.15, 0.2) is 0 Å². The van der Waals surface area contributed by atoms with E-state index in [9.17, 15) is 5.11 Å². The van der Waals surface area contributed by atoms with E-state index in [1.807, 2.05) is 24.4 Å². The van der Waals surface area contributed by atoms with Gasteiger partial charge in [0.05, 0.1) is 16.6 Å². The highest BCUT2D eigenvalue weighted by Gasteiger charge is 2.13. The van der Waals surface area contributed by atoms with E-state index < -0.39 is 6.10 Å². The van der Waals surface area contributed by atoms with Crippen LogP contribution in [0.1, 0.15) is 25.5 Å². The maximum Gasteiger partial charge on any atom is 0.0782 e. The molecule has 1 aromatic heterocycles. The van der Waals surface area contributed by atoms with Gasteiger partial charge < -0.3 is 9.67 Å². The predicted molar refractivity (Wildman–Crippen MR) is 63.3 cm³/mol. The van der Waals surface area contributed by atoms with Crippen LogP contribution in [0.2, 0.25) is 5.02 Å². The molecule has 15 heavy (non-hydrogen) atoms. The molecule has 0 aliphatic heterocycles. The number of aliphatic hydroxyl groups is 1. The minimum Gasteiger partial charge on any atom is -0.389 e. The van der Waals surface area contributed by atoms with Crippen LogP contribution in [0.25, 0.3) is 10.9 Å². The first kappa shape index (κ1) is 10.5. The lowest BCUT2D eigenvalue weighted by Crippen LogP contribution is -1.91. The van der Waals surface area contributed by atoms with E-state index in [0.717, 1.165) is 28.0 Å². The first-order chi connectivity index (χ1) is 7.15. The van der Waals surface area contributed by atoms with Gasteiger partial charge >= 0.3 is 0 Å². The number of fused-ring (bicyclic) bond motifs is 1. The topological polar surface area (TPSA) is 25.2 Å². The minimum absolute atomic E-state index is 0.459. The highest BCUT2D eigenvalue weighted by Crippen LogP contribution is 2.31. The molecule has 0 amide bonds. The van der Waals surface area contributed by atoms with Crippen LogP contribution in [-0.2, 0) is 6.54 Å². The van der Waals surface area contributed by atoms with Crippen LogP contribution in [0, 0.1) is 0 Å². The molecule has 1 heterocycles. The number of halogens is 1. The monoisotopic (exact) mass is 223 g/mol. The van der Waals surface area contributed by atoms with E-state index >= 15 is 0 Å². The Morgan fingerprint density at radius 3 is 2.80 bits per heavy atom. The smallest absolute Gasteiger partial charge is 0.0782 e. The summed E-state index contributed by atoms with van der Waals surface area (Å²) in [6.45, 7) is 4.69. The van der Waals surface area contributed by atoms with Crippen molar-refractivity contribution in [2.45, 2.75) is 26.5 Å². The summed E-state index contributed by atoms with van der Waals surface area (Å²) >= 11 is 6.16. The third-order valence-electron chi connectivity index (χ3n) is 2.67. The molecule has 0 radical (unpaired) electrons. The van der Waals surface area contributed by atoms with Crippen LogP contribution in [0.5, 0.6) is 0 Å². The van der Waals surface area contributed by atoms with Crippen molar-refractivity contribution in [3.8, 4) is 0 Å². The average molecular weight is 224 g/mol. The predicted octanol–water partition coefficient (Wildman–Crippen LogP) is 3.37. The SMILES string of the molecule is CCn1cc(C(C)O)c2cccc(Cl)c21. The largest absolute Gasteiger partial charge is 0.389 e. The van der Waals surface area contributed by atoms with Gasteiger partial charge in [-0.3, -0.25) is 0 Å². The lowest BCUT2D eigenvalue weighted by molar-refractivity contribution is 0.200. The average Bonchev–Trinajstić information content (AvgIpc) is 2.58. The van der Waals surface area contributed by atoms with Crippen LogP contribution in [0.3, 0.4) is 0 Å². The first-order valence-corrected chi connectivity index (χ1v) is 5.48. The van der Waals surface area contributed by atoms with Crippen LogP contribution in [0.4, 0.5) is 0 Å². The maximum atomic E-state index is 9.67. The highest BCUT2D eigenvalue weighted by atomic mass is 35.5. The Morgan fingerprint density at radius 2 is 2.20 bits per heavy atom. The van der Waals surface area contributed by atoms with Gasteiger partial charge in [0.2, 0.25) is 0 Å². The van der Waals surface area contributed by atoms with E-state index in [0.29, 0.717) is 0 Å². The van der Waals surface area contributed by atoms with Crippen molar-refractivity contribution < 1.29 is 5.11 Å². The number of aryl methyl sites for hydroxylation is 1. The number of aliphatic hydroxyl groups excluding tert-OH is 1. The van der Waals surface area contributed by atoms with Gasteiger partial charge in [-0.1, -0.05) is 23.7 Å². The molecule has 3 heteroatoms. The molecule has 2 nitrogen and oxygen atoms in total. The zero-order chi connectivity index (χ0) is 11.0. The third-order valence-corrected chi connectivity index (χ3v) is 2.98. The van der Waals surface area contributed by atoms with Gasteiger partial charge in [-0.2, -0.15) is 0 Å². The van der Waals surface area contributed by atoms with Crippen molar-refractivity contribution in [3.63, 3.8) is 0 Å². The van der Waals surface area contributed by atoms with Gasteiger partial charge in [-0.15, -0.1) is 0 Å². The van der Waals surface area contributed by atoms with E-state index in [1.54, 1.807) is 6.92 Å². The Hall–Kier alpha value is -0.990. The van der Waals surface area contributed by atoms with Gasteiger partial charge in [-0.05, 0) is 19.9 Å². The summed E-state index contributed by atoms with van der Waals surface area (Å²) in [5, 5.41) is 11.4. The minimum atomic E-state index is -0.459. The molecule has 2 rings (SSSR count). The van der Waals surface area contributed by atoms with Gasteiger partial charge in [-0.25, -0.2) is 0 Å². The standard InChI is InChI=1S/C12H14ClNO/c1-3-14-7-10(8(2)15)9-5-4-6-11(13)12(9)14/h4-8,15H,3H2,1-2H3. The number of aromatic nitrogens is 1. The van der Waals surface area contributed by atoms with E-state index in [-0.39, 0.29) is 0 Å². The Bertz CT molecular complexity index is 488. The van der Waals surface area contributed by atoms with Gasteiger partial charge in [0.1, 0.15) is 0 Å². The van der Waals surface area contributed by atoms with Crippen LogP contribution in [0.15, 0.2) is 24.4 Å². The van der Waals surface area contributed by atoms with Crippen molar-refractivity contribution in [3.05, 3.63) is 35.0 Å².